The quantitative estimate of drug-likeness (QED) is 0.493. The molecule has 3 heterocycles. The SMILES string of the molecule is CCC(c1ccccc1)N1CCN(C(=NC)NCc2ccnc(-n3ccnc3)c2)CC1. The minimum Gasteiger partial charge on any atom is -0.352 e. The van der Waals surface area contributed by atoms with Crippen molar-refractivity contribution in [2.75, 3.05) is 33.2 Å². The molecule has 3 aromatic rings. The Morgan fingerprint density at radius 2 is 1.90 bits per heavy atom. The molecule has 1 unspecified atom stereocenters. The van der Waals surface area contributed by atoms with E-state index in [1.807, 2.05) is 30.1 Å². The molecule has 1 atom stereocenters. The minimum absolute atomic E-state index is 0.483. The second-order valence-electron chi connectivity index (χ2n) is 7.75. The molecule has 0 spiro atoms. The molecule has 1 aliphatic heterocycles. The number of hydrogen-bond donors (Lipinski definition) is 1. The first-order chi connectivity index (χ1) is 15.3. The van der Waals surface area contributed by atoms with Crippen LogP contribution in [0.25, 0.3) is 5.82 Å². The molecule has 162 valence electrons. The molecule has 0 amide bonds. The number of pyridine rings is 1. The summed E-state index contributed by atoms with van der Waals surface area (Å²) in [5.41, 5.74) is 2.57. The zero-order valence-electron chi connectivity index (χ0n) is 18.4. The average Bonchev–Trinajstić information content (AvgIpc) is 3.37. The summed E-state index contributed by atoms with van der Waals surface area (Å²) in [6.07, 6.45) is 8.38. The van der Waals surface area contributed by atoms with Crippen molar-refractivity contribution in [2.24, 2.45) is 4.99 Å². The number of nitrogens with zero attached hydrogens (tertiary/aromatic N) is 6. The number of imidazole rings is 1. The van der Waals surface area contributed by atoms with Gasteiger partial charge in [0, 0.05) is 64.4 Å². The summed E-state index contributed by atoms with van der Waals surface area (Å²) in [6, 6.07) is 15.4. The number of hydrogen-bond acceptors (Lipinski definition) is 4. The molecular formula is C24H31N7. The maximum Gasteiger partial charge on any atom is 0.194 e. The molecule has 0 saturated carbocycles. The third-order valence-corrected chi connectivity index (χ3v) is 5.87. The molecule has 7 nitrogen and oxygen atoms in total. The third-order valence-electron chi connectivity index (χ3n) is 5.87. The van der Waals surface area contributed by atoms with Crippen LogP contribution in [-0.4, -0.2) is 63.5 Å². The molecule has 1 aromatic carbocycles. The Morgan fingerprint density at radius 3 is 2.58 bits per heavy atom. The van der Waals surface area contributed by atoms with Gasteiger partial charge in [-0.3, -0.25) is 14.5 Å². The molecule has 7 heteroatoms. The summed E-state index contributed by atoms with van der Waals surface area (Å²) >= 11 is 0. The van der Waals surface area contributed by atoms with Gasteiger partial charge in [-0.15, -0.1) is 0 Å². The van der Waals surface area contributed by atoms with Crippen LogP contribution in [0.5, 0.6) is 0 Å². The smallest absolute Gasteiger partial charge is 0.194 e. The van der Waals surface area contributed by atoms with Crippen LogP contribution in [0.4, 0.5) is 0 Å². The van der Waals surface area contributed by atoms with Gasteiger partial charge in [0.25, 0.3) is 0 Å². The molecule has 1 fully saturated rings. The van der Waals surface area contributed by atoms with Crippen molar-refractivity contribution >= 4 is 5.96 Å². The van der Waals surface area contributed by atoms with E-state index in [-0.39, 0.29) is 0 Å². The number of piperazine rings is 1. The van der Waals surface area contributed by atoms with Crippen LogP contribution in [0.3, 0.4) is 0 Å². The van der Waals surface area contributed by atoms with Crippen LogP contribution in [0.1, 0.15) is 30.5 Å². The molecule has 1 N–H and O–H groups in total. The lowest BCUT2D eigenvalue weighted by atomic mass is 10.0. The van der Waals surface area contributed by atoms with E-state index in [2.05, 4.69) is 73.4 Å². The van der Waals surface area contributed by atoms with Crippen LogP contribution in [0.15, 0.2) is 72.4 Å². The normalized spacial score (nSPS) is 16.3. The van der Waals surface area contributed by atoms with Crippen molar-refractivity contribution in [1.29, 1.82) is 0 Å². The summed E-state index contributed by atoms with van der Waals surface area (Å²) in [4.78, 5) is 18.0. The molecule has 1 saturated heterocycles. The first kappa shape index (κ1) is 21.1. The molecule has 1 aliphatic rings. The van der Waals surface area contributed by atoms with Crippen molar-refractivity contribution < 1.29 is 0 Å². The summed E-state index contributed by atoms with van der Waals surface area (Å²) in [7, 11) is 1.86. The fourth-order valence-corrected chi connectivity index (χ4v) is 4.25. The predicted octanol–water partition coefficient (Wildman–Crippen LogP) is 3.11. The second kappa shape index (κ2) is 10.2. The van der Waals surface area contributed by atoms with Gasteiger partial charge in [-0.1, -0.05) is 37.3 Å². The Labute approximate surface area is 184 Å². The van der Waals surface area contributed by atoms with Crippen molar-refractivity contribution in [3.63, 3.8) is 0 Å². The van der Waals surface area contributed by atoms with Crippen molar-refractivity contribution in [1.82, 2.24) is 29.7 Å². The molecule has 4 rings (SSSR count). The highest BCUT2D eigenvalue weighted by molar-refractivity contribution is 5.80. The van der Waals surface area contributed by atoms with Gasteiger partial charge in [0.15, 0.2) is 5.96 Å². The Kier molecular flexibility index (Phi) is 6.94. The maximum atomic E-state index is 4.53. The number of guanidine groups is 1. The Balaban J connectivity index is 1.33. The monoisotopic (exact) mass is 417 g/mol. The van der Waals surface area contributed by atoms with E-state index in [1.54, 1.807) is 12.5 Å². The van der Waals surface area contributed by atoms with Gasteiger partial charge in [-0.25, -0.2) is 9.97 Å². The topological polar surface area (TPSA) is 61.6 Å². The summed E-state index contributed by atoms with van der Waals surface area (Å²) in [5, 5.41) is 3.52. The second-order valence-corrected chi connectivity index (χ2v) is 7.75. The number of benzene rings is 1. The van der Waals surface area contributed by atoms with Crippen LogP contribution >= 0.6 is 0 Å². The van der Waals surface area contributed by atoms with Crippen molar-refractivity contribution in [3.05, 3.63) is 78.5 Å². The van der Waals surface area contributed by atoms with E-state index < -0.39 is 0 Å². The minimum atomic E-state index is 0.483. The van der Waals surface area contributed by atoms with Gasteiger partial charge in [0.05, 0.1) is 0 Å². The number of aliphatic imine (C=N–C) groups is 1. The van der Waals surface area contributed by atoms with Gasteiger partial charge in [-0.05, 0) is 29.7 Å². The number of rotatable bonds is 6. The zero-order chi connectivity index (χ0) is 21.5. The average molecular weight is 418 g/mol. The van der Waals surface area contributed by atoms with E-state index in [0.717, 1.165) is 49.9 Å². The molecular weight excluding hydrogens is 386 g/mol. The Bertz CT molecular complexity index is 961. The van der Waals surface area contributed by atoms with Gasteiger partial charge < -0.3 is 10.2 Å². The van der Waals surface area contributed by atoms with E-state index in [4.69, 9.17) is 0 Å². The largest absolute Gasteiger partial charge is 0.352 e. The first-order valence-corrected chi connectivity index (χ1v) is 11.0. The lowest BCUT2D eigenvalue weighted by Gasteiger charge is -2.40. The van der Waals surface area contributed by atoms with E-state index in [9.17, 15) is 0 Å². The Morgan fingerprint density at radius 1 is 1.10 bits per heavy atom. The van der Waals surface area contributed by atoms with Crippen LogP contribution in [-0.2, 0) is 6.54 Å². The van der Waals surface area contributed by atoms with Crippen LogP contribution < -0.4 is 5.32 Å². The van der Waals surface area contributed by atoms with E-state index in [0.29, 0.717) is 12.6 Å². The van der Waals surface area contributed by atoms with Gasteiger partial charge in [-0.2, -0.15) is 0 Å². The van der Waals surface area contributed by atoms with Crippen LogP contribution in [0.2, 0.25) is 0 Å². The lowest BCUT2D eigenvalue weighted by Crippen LogP contribution is -2.52. The highest BCUT2D eigenvalue weighted by Gasteiger charge is 2.25. The molecule has 0 aliphatic carbocycles. The Hall–Kier alpha value is -3.19. The first-order valence-electron chi connectivity index (χ1n) is 11.0. The molecule has 31 heavy (non-hydrogen) atoms. The molecule has 0 radical (unpaired) electrons. The zero-order valence-corrected chi connectivity index (χ0v) is 18.4. The molecule has 2 aromatic heterocycles. The van der Waals surface area contributed by atoms with Crippen LogP contribution in [0, 0.1) is 0 Å². The maximum absolute atomic E-state index is 4.53. The fraction of sp³-hybridized carbons (Fsp3) is 0.375. The summed E-state index contributed by atoms with van der Waals surface area (Å²) in [5.74, 6) is 1.82. The highest BCUT2D eigenvalue weighted by Crippen LogP contribution is 2.25. The lowest BCUT2D eigenvalue weighted by molar-refractivity contribution is 0.127. The highest BCUT2D eigenvalue weighted by atomic mass is 15.3. The number of aromatic nitrogens is 3. The van der Waals surface area contributed by atoms with Crippen molar-refractivity contribution in [3.8, 4) is 5.82 Å². The fourth-order valence-electron chi connectivity index (χ4n) is 4.25. The predicted molar refractivity (Wildman–Crippen MR) is 124 cm³/mol. The standard InChI is InChI=1S/C24H31N7/c1-3-22(21-7-5-4-6-8-21)29-13-15-30(16-14-29)24(25-2)28-18-20-9-10-27-23(17-20)31-12-11-26-19-31/h4-12,17,19,22H,3,13-16,18H2,1-2H3,(H,25,28). The number of nitrogens with one attached hydrogen (secondary N) is 1. The van der Waals surface area contributed by atoms with E-state index in [1.165, 1.54) is 5.56 Å². The van der Waals surface area contributed by atoms with Gasteiger partial charge in [0.2, 0.25) is 0 Å². The summed E-state index contributed by atoms with van der Waals surface area (Å²) in [6.45, 7) is 7.00. The van der Waals surface area contributed by atoms with Gasteiger partial charge >= 0.3 is 0 Å². The van der Waals surface area contributed by atoms with Gasteiger partial charge in [0.1, 0.15) is 12.1 Å². The third kappa shape index (κ3) is 5.11. The van der Waals surface area contributed by atoms with Crippen molar-refractivity contribution in [2.45, 2.75) is 25.9 Å². The molecule has 0 bridgehead atoms. The summed E-state index contributed by atoms with van der Waals surface area (Å²) < 4.78 is 1.91. The van der Waals surface area contributed by atoms with E-state index >= 15 is 0 Å².